The van der Waals surface area contributed by atoms with Crippen LogP contribution in [0.4, 0.5) is 0 Å². The second kappa shape index (κ2) is 4.97. The van der Waals surface area contributed by atoms with Crippen LogP contribution < -0.4 is 10.2 Å². The van der Waals surface area contributed by atoms with Gasteiger partial charge in [-0.25, -0.2) is 10.3 Å². The molecule has 0 saturated carbocycles. The molecule has 6 heteroatoms. The van der Waals surface area contributed by atoms with E-state index in [1.807, 2.05) is 0 Å². The summed E-state index contributed by atoms with van der Waals surface area (Å²) in [6.45, 7) is -0.375. The number of aromatic carboxylic acids is 1. The number of rotatable bonds is 4. The van der Waals surface area contributed by atoms with E-state index < -0.39 is 11.9 Å². The molecule has 0 aromatic heterocycles. The van der Waals surface area contributed by atoms with Crippen LogP contribution in [-0.4, -0.2) is 28.8 Å². The summed E-state index contributed by atoms with van der Waals surface area (Å²) in [5.74, 6) is -1.54. The summed E-state index contributed by atoms with van der Waals surface area (Å²) < 4.78 is 4.91. The van der Waals surface area contributed by atoms with Crippen molar-refractivity contribution in [3.8, 4) is 5.75 Å². The number of hydrogen-bond donors (Lipinski definition) is 3. The summed E-state index contributed by atoms with van der Waals surface area (Å²) in [5, 5.41) is 16.8. The highest BCUT2D eigenvalue weighted by Crippen LogP contribution is 2.12. The number of carbonyl (C=O) groups excluding carboxylic acids is 1. The maximum Gasteiger partial charge on any atom is 0.335 e. The van der Waals surface area contributed by atoms with E-state index >= 15 is 0 Å². The number of carbonyl (C=O) groups is 2. The largest absolute Gasteiger partial charge is 0.484 e. The molecule has 0 fully saturated rings. The van der Waals surface area contributed by atoms with E-state index in [2.05, 4.69) is 0 Å². The van der Waals surface area contributed by atoms with Crippen LogP contribution in [0.25, 0.3) is 0 Å². The summed E-state index contributed by atoms with van der Waals surface area (Å²) in [4.78, 5) is 21.2. The zero-order valence-electron chi connectivity index (χ0n) is 7.64. The molecule has 0 saturated heterocycles. The van der Waals surface area contributed by atoms with Crippen molar-refractivity contribution in [2.24, 2.45) is 0 Å². The van der Waals surface area contributed by atoms with Gasteiger partial charge in [-0.15, -0.1) is 0 Å². The third-order valence-electron chi connectivity index (χ3n) is 1.58. The molecule has 0 radical (unpaired) electrons. The normalized spacial score (nSPS) is 9.40. The third-order valence-corrected chi connectivity index (χ3v) is 1.58. The van der Waals surface area contributed by atoms with Gasteiger partial charge in [0.25, 0.3) is 5.91 Å². The molecule has 15 heavy (non-hydrogen) atoms. The van der Waals surface area contributed by atoms with Crippen molar-refractivity contribution >= 4 is 11.9 Å². The number of amides is 1. The summed E-state index contributed by atoms with van der Waals surface area (Å²) in [6, 6.07) is 5.70. The van der Waals surface area contributed by atoms with Crippen LogP contribution in [0.1, 0.15) is 10.4 Å². The maximum absolute atomic E-state index is 10.6. The predicted molar refractivity (Wildman–Crippen MR) is 48.8 cm³/mol. The van der Waals surface area contributed by atoms with Crippen molar-refractivity contribution < 1.29 is 24.6 Å². The molecular weight excluding hydrogens is 202 g/mol. The van der Waals surface area contributed by atoms with Crippen molar-refractivity contribution in [1.29, 1.82) is 0 Å². The molecule has 1 aromatic carbocycles. The Labute approximate surface area is 85.1 Å². The highest BCUT2D eigenvalue weighted by atomic mass is 16.5. The fourth-order valence-electron chi connectivity index (χ4n) is 0.900. The minimum absolute atomic E-state index is 0.0666. The van der Waals surface area contributed by atoms with Crippen molar-refractivity contribution in [3.63, 3.8) is 0 Å². The van der Waals surface area contributed by atoms with Gasteiger partial charge in [0.1, 0.15) is 5.75 Å². The predicted octanol–water partition coefficient (Wildman–Crippen LogP) is 0.269. The lowest BCUT2D eigenvalue weighted by atomic mass is 10.2. The van der Waals surface area contributed by atoms with E-state index in [1.165, 1.54) is 29.7 Å². The Kier molecular flexibility index (Phi) is 3.64. The summed E-state index contributed by atoms with van der Waals surface area (Å²) in [6.07, 6.45) is 0. The van der Waals surface area contributed by atoms with Gasteiger partial charge >= 0.3 is 5.97 Å². The first-order valence-electron chi connectivity index (χ1n) is 4.02. The molecule has 80 valence electrons. The van der Waals surface area contributed by atoms with Gasteiger partial charge in [0.2, 0.25) is 0 Å². The lowest BCUT2D eigenvalue weighted by molar-refractivity contribution is -0.131. The molecule has 0 aliphatic carbocycles. The fraction of sp³-hybridized carbons (Fsp3) is 0.111. The quantitative estimate of drug-likeness (QED) is 0.490. The SMILES string of the molecule is O=C(COc1cccc(C(=O)O)c1)NO. The summed E-state index contributed by atoms with van der Waals surface area (Å²) in [5.41, 5.74) is 1.46. The van der Waals surface area contributed by atoms with Crippen LogP contribution in [0, 0.1) is 0 Å². The van der Waals surface area contributed by atoms with Gasteiger partial charge in [-0.05, 0) is 18.2 Å². The molecule has 6 nitrogen and oxygen atoms in total. The lowest BCUT2D eigenvalue weighted by Crippen LogP contribution is -2.25. The minimum Gasteiger partial charge on any atom is -0.484 e. The Hall–Kier alpha value is -2.08. The van der Waals surface area contributed by atoms with Crippen LogP contribution in [0.2, 0.25) is 0 Å². The molecule has 1 aromatic rings. The van der Waals surface area contributed by atoms with E-state index in [0.717, 1.165) is 0 Å². The average molecular weight is 211 g/mol. The molecule has 0 bridgehead atoms. The number of carboxylic acids is 1. The molecule has 0 unspecified atom stereocenters. The van der Waals surface area contributed by atoms with Gasteiger partial charge in [0.05, 0.1) is 5.56 Å². The van der Waals surface area contributed by atoms with E-state index in [9.17, 15) is 9.59 Å². The third kappa shape index (κ3) is 3.28. The number of carboxylic acid groups (broad SMARTS) is 1. The summed E-state index contributed by atoms with van der Waals surface area (Å²) >= 11 is 0. The number of hydrogen-bond acceptors (Lipinski definition) is 4. The van der Waals surface area contributed by atoms with E-state index in [1.54, 1.807) is 0 Å². The van der Waals surface area contributed by atoms with Crippen LogP contribution in [-0.2, 0) is 4.79 Å². The van der Waals surface area contributed by atoms with Crippen molar-refractivity contribution in [3.05, 3.63) is 29.8 Å². The molecule has 0 aliphatic heterocycles. The monoisotopic (exact) mass is 211 g/mol. The first-order valence-corrected chi connectivity index (χ1v) is 4.02. The molecule has 0 aliphatic rings. The van der Waals surface area contributed by atoms with Crippen LogP contribution >= 0.6 is 0 Å². The highest BCUT2D eigenvalue weighted by molar-refractivity contribution is 5.88. The summed E-state index contributed by atoms with van der Waals surface area (Å²) in [7, 11) is 0. The molecule has 0 spiro atoms. The standard InChI is InChI=1S/C9H9NO5/c11-8(10-14)5-15-7-3-1-2-6(4-7)9(12)13/h1-4,14H,5H2,(H,10,11)(H,12,13). The van der Waals surface area contributed by atoms with Crippen molar-refractivity contribution in [2.45, 2.75) is 0 Å². The maximum atomic E-state index is 10.6. The number of hydroxylamine groups is 1. The zero-order valence-corrected chi connectivity index (χ0v) is 7.64. The Morgan fingerprint density at radius 3 is 2.73 bits per heavy atom. The van der Waals surface area contributed by atoms with E-state index in [-0.39, 0.29) is 17.9 Å². The van der Waals surface area contributed by atoms with E-state index in [0.29, 0.717) is 0 Å². The zero-order chi connectivity index (χ0) is 11.3. The lowest BCUT2D eigenvalue weighted by Gasteiger charge is -2.04. The second-order valence-electron chi connectivity index (χ2n) is 2.66. The van der Waals surface area contributed by atoms with Gasteiger partial charge in [0, 0.05) is 0 Å². The Balaban J connectivity index is 2.66. The molecule has 1 amide bonds. The van der Waals surface area contributed by atoms with Crippen molar-refractivity contribution in [1.82, 2.24) is 5.48 Å². The smallest absolute Gasteiger partial charge is 0.335 e. The molecular formula is C9H9NO5. The Bertz CT molecular complexity index is 377. The molecule has 3 N–H and O–H groups in total. The Morgan fingerprint density at radius 2 is 2.13 bits per heavy atom. The van der Waals surface area contributed by atoms with Gasteiger partial charge in [-0.2, -0.15) is 0 Å². The first-order chi connectivity index (χ1) is 7.13. The molecule has 0 atom stereocenters. The minimum atomic E-state index is -1.08. The van der Waals surface area contributed by atoms with E-state index in [4.69, 9.17) is 15.1 Å². The van der Waals surface area contributed by atoms with Crippen LogP contribution in [0.3, 0.4) is 0 Å². The van der Waals surface area contributed by atoms with Gasteiger partial charge < -0.3 is 9.84 Å². The van der Waals surface area contributed by atoms with Crippen LogP contribution in [0.5, 0.6) is 5.75 Å². The van der Waals surface area contributed by atoms with Gasteiger partial charge in [-0.1, -0.05) is 6.07 Å². The van der Waals surface area contributed by atoms with Crippen molar-refractivity contribution in [2.75, 3.05) is 6.61 Å². The number of nitrogens with one attached hydrogen (secondary N) is 1. The average Bonchev–Trinajstić information content (AvgIpc) is 2.26. The van der Waals surface area contributed by atoms with Gasteiger partial charge in [0.15, 0.2) is 6.61 Å². The fourth-order valence-corrected chi connectivity index (χ4v) is 0.900. The Morgan fingerprint density at radius 1 is 1.40 bits per heavy atom. The number of ether oxygens (including phenoxy) is 1. The second-order valence-corrected chi connectivity index (χ2v) is 2.66. The number of benzene rings is 1. The van der Waals surface area contributed by atoms with Crippen LogP contribution in [0.15, 0.2) is 24.3 Å². The van der Waals surface area contributed by atoms with Gasteiger partial charge in [-0.3, -0.25) is 10.0 Å². The molecule has 1 rings (SSSR count). The topological polar surface area (TPSA) is 95.9 Å². The first kappa shape index (κ1) is 11.0. The molecule has 0 heterocycles. The highest BCUT2D eigenvalue weighted by Gasteiger charge is 2.05.